The zero-order chi connectivity index (χ0) is 37.6. The van der Waals surface area contributed by atoms with Crippen LogP contribution in [0.3, 0.4) is 0 Å². The van der Waals surface area contributed by atoms with Gasteiger partial charge in [0.05, 0.1) is 11.5 Å². The Balaban J connectivity index is 1.16. The average Bonchev–Trinajstić information content (AvgIpc) is 3.87. The van der Waals surface area contributed by atoms with Gasteiger partial charge in [0.2, 0.25) is 0 Å². The van der Waals surface area contributed by atoms with Gasteiger partial charge in [0.25, 0.3) is 0 Å². The number of allylic oxidation sites excluding steroid dienone is 2. The van der Waals surface area contributed by atoms with Crippen molar-refractivity contribution < 1.29 is 0 Å². The SMILES string of the molecule is CC1(C)C2=C(C=CCC2N(c2ccc3c(c2)C(C)(C)c2ccccc2-3)c2cccc3c2-c2ccccc2C32c3ccccc3-c3ccccc32)c2ccccc21. The van der Waals surface area contributed by atoms with E-state index in [9.17, 15) is 0 Å². The molecule has 0 saturated heterocycles. The highest BCUT2D eigenvalue weighted by Crippen LogP contribution is 2.65. The minimum atomic E-state index is -0.401. The van der Waals surface area contributed by atoms with E-state index in [0.29, 0.717) is 0 Å². The molecular weight excluding hydrogens is 675 g/mol. The first-order valence-corrected chi connectivity index (χ1v) is 20.3. The lowest BCUT2D eigenvalue weighted by molar-refractivity contribution is 0.563. The summed E-state index contributed by atoms with van der Waals surface area (Å²) in [4.78, 5) is 2.76. The van der Waals surface area contributed by atoms with Crippen LogP contribution >= 0.6 is 0 Å². The molecular formula is C55H43N. The van der Waals surface area contributed by atoms with Crippen LogP contribution in [0.1, 0.15) is 78.6 Å². The highest BCUT2D eigenvalue weighted by atomic mass is 15.2. The molecule has 0 saturated carbocycles. The number of nitrogens with zero attached hydrogens (tertiary/aromatic N) is 1. The Morgan fingerprint density at radius 1 is 0.446 bits per heavy atom. The molecule has 1 spiro atoms. The molecule has 7 aromatic rings. The summed E-state index contributed by atoms with van der Waals surface area (Å²) in [5.41, 5.74) is 24.0. The summed E-state index contributed by atoms with van der Waals surface area (Å²) in [5, 5.41) is 0. The van der Waals surface area contributed by atoms with Crippen LogP contribution in [-0.4, -0.2) is 6.04 Å². The van der Waals surface area contributed by atoms with Gasteiger partial charge in [0.1, 0.15) is 0 Å². The summed E-state index contributed by atoms with van der Waals surface area (Å²) in [6.07, 6.45) is 5.77. The van der Waals surface area contributed by atoms with Crippen LogP contribution in [-0.2, 0) is 16.2 Å². The molecule has 1 heteroatoms. The smallest absolute Gasteiger partial charge is 0.0726 e. The molecule has 268 valence electrons. The van der Waals surface area contributed by atoms with Crippen LogP contribution in [0.15, 0.2) is 175 Å². The number of hydrogen-bond acceptors (Lipinski definition) is 1. The quantitative estimate of drug-likeness (QED) is 0.176. The van der Waals surface area contributed by atoms with Gasteiger partial charge in [-0.05, 0) is 108 Å². The molecule has 5 aliphatic carbocycles. The van der Waals surface area contributed by atoms with E-state index in [1.54, 1.807) is 0 Å². The molecule has 0 radical (unpaired) electrons. The van der Waals surface area contributed by atoms with Crippen molar-refractivity contribution in [1.29, 1.82) is 0 Å². The van der Waals surface area contributed by atoms with Crippen LogP contribution in [0.2, 0.25) is 0 Å². The zero-order valence-corrected chi connectivity index (χ0v) is 32.4. The van der Waals surface area contributed by atoms with E-state index in [1.165, 1.54) is 100 Å². The van der Waals surface area contributed by atoms with Crippen LogP contribution in [0.5, 0.6) is 0 Å². The van der Waals surface area contributed by atoms with E-state index in [4.69, 9.17) is 0 Å². The largest absolute Gasteiger partial charge is 0.333 e. The molecule has 0 amide bonds. The standard InChI is InChI=1S/C55H43N/c1-53(2)42-23-10-5-17-35(42)39-32-31-34(33-48(39)53)56(50-30-15-22-40-38-20-6-11-24-43(38)54(3,4)52(40)50)49-29-16-28-47-51(49)41-21-9-14-27-46(41)55(47)44-25-12-7-18-36(44)37-19-8-13-26-45(37)55/h5-29,31-33,50H,30H2,1-4H3. The van der Waals surface area contributed by atoms with Gasteiger partial charge in [-0.3, -0.25) is 0 Å². The maximum atomic E-state index is 2.76. The van der Waals surface area contributed by atoms with Crippen molar-refractivity contribution in [3.63, 3.8) is 0 Å². The maximum Gasteiger partial charge on any atom is 0.0726 e. The van der Waals surface area contributed by atoms with E-state index in [2.05, 4.69) is 202 Å². The number of benzene rings is 7. The van der Waals surface area contributed by atoms with Gasteiger partial charge in [-0.1, -0.05) is 179 Å². The van der Waals surface area contributed by atoms with Gasteiger partial charge in [0, 0.05) is 27.8 Å². The van der Waals surface area contributed by atoms with Crippen molar-refractivity contribution in [1.82, 2.24) is 0 Å². The Kier molecular flexibility index (Phi) is 6.30. The van der Waals surface area contributed by atoms with Crippen molar-refractivity contribution in [2.75, 3.05) is 4.90 Å². The van der Waals surface area contributed by atoms with Gasteiger partial charge in [0.15, 0.2) is 0 Å². The summed E-state index contributed by atoms with van der Waals surface area (Å²) in [5.74, 6) is 0. The number of hydrogen-bond donors (Lipinski definition) is 0. The number of anilines is 2. The molecule has 0 bridgehead atoms. The molecule has 1 atom stereocenters. The Hall–Kier alpha value is -6.18. The first-order valence-electron chi connectivity index (χ1n) is 20.3. The molecule has 5 aliphatic rings. The van der Waals surface area contributed by atoms with Gasteiger partial charge < -0.3 is 4.90 Å². The molecule has 12 rings (SSSR count). The van der Waals surface area contributed by atoms with E-state index in [-0.39, 0.29) is 16.9 Å². The Bertz CT molecular complexity index is 2870. The Morgan fingerprint density at radius 3 is 1.61 bits per heavy atom. The fourth-order valence-electron chi connectivity index (χ4n) is 12.0. The average molecular weight is 718 g/mol. The molecule has 56 heavy (non-hydrogen) atoms. The molecule has 7 aromatic carbocycles. The molecule has 1 nitrogen and oxygen atoms in total. The predicted molar refractivity (Wildman–Crippen MR) is 233 cm³/mol. The number of fused-ring (bicyclic) bond motifs is 15. The van der Waals surface area contributed by atoms with E-state index in [1.807, 2.05) is 0 Å². The van der Waals surface area contributed by atoms with E-state index in [0.717, 1.165) is 6.42 Å². The van der Waals surface area contributed by atoms with E-state index >= 15 is 0 Å². The maximum absolute atomic E-state index is 2.76. The second-order valence-corrected chi connectivity index (χ2v) is 17.5. The van der Waals surface area contributed by atoms with Gasteiger partial charge in [-0.2, -0.15) is 0 Å². The Labute approximate surface area is 330 Å². The van der Waals surface area contributed by atoms with E-state index < -0.39 is 5.41 Å². The van der Waals surface area contributed by atoms with Gasteiger partial charge in [-0.25, -0.2) is 0 Å². The topological polar surface area (TPSA) is 3.24 Å². The molecule has 1 unspecified atom stereocenters. The summed E-state index contributed by atoms with van der Waals surface area (Å²) < 4.78 is 0. The van der Waals surface area contributed by atoms with Gasteiger partial charge >= 0.3 is 0 Å². The molecule has 0 fully saturated rings. The summed E-state index contributed by atoms with van der Waals surface area (Å²) in [6.45, 7) is 9.71. The second-order valence-electron chi connectivity index (χ2n) is 17.5. The predicted octanol–water partition coefficient (Wildman–Crippen LogP) is 13.5. The third-order valence-electron chi connectivity index (χ3n) is 14.2. The summed E-state index contributed by atoms with van der Waals surface area (Å²) >= 11 is 0. The lowest BCUT2D eigenvalue weighted by atomic mass is 9.70. The summed E-state index contributed by atoms with van der Waals surface area (Å²) in [7, 11) is 0. The highest BCUT2D eigenvalue weighted by molar-refractivity contribution is 6.01. The molecule has 0 aromatic heterocycles. The van der Waals surface area contributed by atoms with Crippen molar-refractivity contribution in [3.05, 3.63) is 220 Å². The summed E-state index contributed by atoms with van der Waals surface area (Å²) in [6, 6.07) is 60.3. The first kappa shape index (κ1) is 32.1. The number of rotatable bonds is 3. The third kappa shape index (κ3) is 3.81. The Morgan fingerprint density at radius 2 is 0.946 bits per heavy atom. The normalized spacial score (nSPS) is 18.8. The minimum Gasteiger partial charge on any atom is -0.333 e. The second kappa shape index (κ2) is 11.0. The molecule has 0 N–H and O–H groups in total. The van der Waals surface area contributed by atoms with Crippen LogP contribution in [0, 0.1) is 0 Å². The fraction of sp³-hybridized carbons (Fsp3) is 0.164. The molecule has 0 aliphatic heterocycles. The lowest BCUT2D eigenvalue weighted by Crippen LogP contribution is -2.39. The third-order valence-corrected chi connectivity index (χ3v) is 14.2. The molecule has 0 heterocycles. The highest BCUT2D eigenvalue weighted by Gasteiger charge is 2.53. The van der Waals surface area contributed by atoms with Gasteiger partial charge in [-0.15, -0.1) is 0 Å². The lowest BCUT2D eigenvalue weighted by Gasteiger charge is -2.42. The minimum absolute atomic E-state index is 0.111. The first-order chi connectivity index (χ1) is 27.3. The van der Waals surface area contributed by atoms with Crippen LogP contribution in [0.25, 0.3) is 39.0 Å². The van der Waals surface area contributed by atoms with Crippen molar-refractivity contribution in [3.8, 4) is 33.4 Å². The monoisotopic (exact) mass is 717 g/mol. The zero-order valence-electron chi connectivity index (χ0n) is 32.4. The van der Waals surface area contributed by atoms with Crippen LogP contribution < -0.4 is 4.90 Å². The van der Waals surface area contributed by atoms with Crippen LogP contribution in [0.4, 0.5) is 11.4 Å². The fourth-order valence-corrected chi connectivity index (χ4v) is 12.0. The van der Waals surface area contributed by atoms with Crippen molar-refractivity contribution in [2.24, 2.45) is 0 Å². The van der Waals surface area contributed by atoms with Crippen molar-refractivity contribution >= 4 is 16.9 Å². The van der Waals surface area contributed by atoms with Crippen molar-refractivity contribution in [2.45, 2.75) is 56.4 Å².